The fourth-order valence-electron chi connectivity index (χ4n) is 2.78. The van der Waals surface area contributed by atoms with Gasteiger partial charge in [-0.1, -0.05) is 0 Å². The van der Waals surface area contributed by atoms with Crippen molar-refractivity contribution in [2.75, 3.05) is 32.0 Å². The van der Waals surface area contributed by atoms with E-state index in [1.165, 1.54) is 0 Å². The molecule has 1 aliphatic rings. The van der Waals surface area contributed by atoms with E-state index in [-0.39, 0.29) is 11.6 Å². The summed E-state index contributed by atoms with van der Waals surface area (Å²) in [7, 11) is -2.20. The molecule has 0 spiro atoms. The van der Waals surface area contributed by atoms with Gasteiger partial charge in [-0.3, -0.25) is 0 Å². The second-order valence-electron chi connectivity index (χ2n) is 5.90. The minimum atomic E-state index is -4.66. The molecule has 1 aromatic rings. The maximum Gasteiger partial charge on any atom is 0.418 e. The number of anilines is 1. The summed E-state index contributed by atoms with van der Waals surface area (Å²) in [5, 5.41) is 7.71. The number of alkyl halides is 3. The van der Waals surface area contributed by atoms with Crippen molar-refractivity contribution in [2.24, 2.45) is 11.1 Å². The molecule has 1 fully saturated rings. The van der Waals surface area contributed by atoms with E-state index in [9.17, 15) is 21.6 Å². The quantitative estimate of drug-likeness (QED) is 0.871. The van der Waals surface area contributed by atoms with Crippen LogP contribution in [0.25, 0.3) is 0 Å². The Balaban J connectivity index is 2.20. The van der Waals surface area contributed by atoms with Gasteiger partial charge in [-0.25, -0.2) is 13.6 Å². The van der Waals surface area contributed by atoms with Gasteiger partial charge in [0.1, 0.15) is 0 Å². The number of nitrogens with one attached hydrogen (secondary N) is 1. The minimum absolute atomic E-state index is 0.127. The molecular weight excluding hydrogens is 331 g/mol. The van der Waals surface area contributed by atoms with E-state index < -0.39 is 26.7 Å². The molecule has 0 bridgehead atoms. The van der Waals surface area contributed by atoms with Crippen LogP contribution in [0.4, 0.5) is 18.9 Å². The summed E-state index contributed by atoms with van der Waals surface area (Å²) < 4.78 is 62.0. The molecule has 1 saturated heterocycles. The Hall–Kier alpha value is -1.32. The molecule has 0 aromatic heterocycles. The second-order valence-corrected chi connectivity index (χ2v) is 7.46. The Morgan fingerprint density at radius 1 is 1.39 bits per heavy atom. The maximum atomic E-state index is 13.2. The van der Waals surface area contributed by atoms with E-state index in [4.69, 9.17) is 5.14 Å². The molecule has 0 amide bonds. The molecule has 1 aliphatic heterocycles. The number of benzene rings is 1. The Kier molecular flexibility index (Phi) is 5.22. The van der Waals surface area contributed by atoms with E-state index in [1.54, 1.807) is 0 Å². The van der Waals surface area contributed by atoms with Crippen LogP contribution in [0.3, 0.4) is 0 Å². The van der Waals surface area contributed by atoms with Crippen LogP contribution in [0.2, 0.25) is 0 Å². The van der Waals surface area contributed by atoms with Crippen LogP contribution in [0, 0.1) is 5.92 Å². The van der Waals surface area contributed by atoms with Crippen molar-refractivity contribution >= 4 is 15.7 Å². The van der Waals surface area contributed by atoms with E-state index in [1.807, 2.05) is 7.05 Å². The van der Waals surface area contributed by atoms with Crippen molar-refractivity contribution in [1.29, 1.82) is 0 Å². The SMILES string of the molecule is CN1CCCC(CNc2ccc(S(N)(=O)=O)cc2C(F)(F)F)C1. The normalized spacial score (nSPS) is 20.5. The van der Waals surface area contributed by atoms with Crippen LogP contribution >= 0.6 is 0 Å². The highest BCUT2D eigenvalue weighted by atomic mass is 32.2. The van der Waals surface area contributed by atoms with Crippen LogP contribution in [0.5, 0.6) is 0 Å². The van der Waals surface area contributed by atoms with Crippen LogP contribution in [-0.4, -0.2) is 40.0 Å². The first kappa shape index (κ1) is 18.0. The number of halogens is 3. The van der Waals surface area contributed by atoms with Gasteiger partial charge in [-0.15, -0.1) is 0 Å². The zero-order valence-electron chi connectivity index (χ0n) is 12.7. The number of rotatable bonds is 4. The predicted octanol–water partition coefficient (Wildman–Crippen LogP) is 2.11. The summed E-state index contributed by atoms with van der Waals surface area (Å²) in [6.07, 6.45) is -2.69. The third-order valence-corrected chi connectivity index (χ3v) is 4.84. The van der Waals surface area contributed by atoms with E-state index in [0.717, 1.165) is 38.1 Å². The number of piperidine rings is 1. The summed E-state index contributed by atoms with van der Waals surface area (Å²) in [5.41, 5.74) is -1.15. The molecule has 2 rings (SSSR count). The zero-order valence-corrected chi connectivity index (χ0v) is 13.5. The van der Waals surface area contributed by atoms with E-state index >= 15 is 0 Å². The third kappa shape index (κ3) is 4.82. The lowest BCUT2D eigenvalue weighted by Crippen LogP contribution is -2.35. The Bertz CT molecular complexity index is 662. The number of hydrogen-bond donors (Lipinski definition) is 2. The fourth-order valence-corrected chi connectivity index (χ4v) is 3.32. The smallest absolute Gasteiger partial charge is 0.384 e. The average molecular weight is 351 g/mol. The summed E-state index contributed by atoms with van der Waals surface area (Å²) in [4.78, 5) is 1.60. The Labute approximate surface area is 133 Å². The second kappa shape index (κ2) is 6.66. The number of likely N-dealkylation sites (tertiary alicyclic amines) is 1. The van der Waals surface area contributed by atoms with Crippen molar-refractivity contribution in [2.45, 2.75) is 23.9 Å². The fraction of sp³-hybridized carbons (Fsp3) is 0.571. The zero-order chi connectivity index (χ0) is 17.3. The molecule has 9 heteroatoms. The maximum absolute atomic E-state index is 13.2. The molecule has 0 saturated carbocycles. The molecule has 130 valence electrons. The first-order chi connectivity index (χ1) is 10.6. The minimum Gasteiger partial charge on any atom is -0.384 e. The summed E-state index contributed by atoms with van der Waals surface area (Å²) >= 11 is 0. The van der Waals surface area contributed by atoms with Gasteiger partial charge in [-0.05, 0) is 50.6 Å². The highest BCUT2D eigenvalue weighted by molar-refractivity contribution is 7.89. The summed E-state index contributed by atoms with van der Waals surface area (Å²) in [6.45, 7) is 2.22. The van der Waals surface area contributed by atoms with Gasteiger partial charge in [0.25, 0.3) is 0 Å². The number of primary sulfonamides is 1. The van der Waals surface area contributed by atoms with Gasteiger partial charge in [0, 0.05) is 18.8 Å². The topological polar surface area (TPSA) is 75.4 Å². The molecule has 1 heterocycles. The number of nitrogens with two attached hydrogens (primary N) is 1. The van der Waals surface area contributed by atoms with Gasteiger partial charge in [-0.2, -0.15) is 13.2 Å². The largest absolute Gasteiger partial charge is 0.418 e. The van der Waals surface area contributed by atoms with Crippen LogP contribution in [-0.2, 0) is 16.2 Å². The molecule has 1 unspecified atom stereocenters. The number of sulfonamides is 1. The first-order valence-electron chi connectivity index (χ1n) is 7.24. The van der Waals surface area contributed by atoms with Crippen molar-refractivity contribution < 1.29 is 21.6 Å². The van der Waals surface area contributed by atoms with E-state index in [2.05, 4.69) is 10.2 Å². The molecule has 1 atom stereocenters. The standard InChI is InChI=1S/C14H20F3N3O2S/c1-20-6-2-3-10(9-20)8-19-13-5-4-11(23(18,21)22)7-12(13)14(15,16)17/h4-5,7,10,19H,2-3,6,8-9H2,1H3,(H2,18,21,22). The van der Waals surface area contributed by atoms with Gasteiger partial charge >= 0.3 is 6.18 Å². The van der Waals surface area contributed by atoms with Crippen LogP contribution < -0.4 is 10.5 Å². The number of hydrogen-bond acceptors (Lipinski definition) is 4. The van der Waals surface area contributed by atoms with Crippen molar-refractivity contribution in [1.82, 2.24) is 4.90 Å². The molecule has 0 radical (unpaired) electrons. The lowest BCUT2D eigenvalue weighted by atomic mass is 9.98. The number of nitrogens with zero attached hydrogens (tertiary/aromatic N) is 1. The molecule has 1 aromatic carbocycles. The third-order valence-electron chi connectivity index (χ3n) is 3.93. The first-order valence-corrected chi connectivity index (χ1v) is 8.78. The van der Waals surface area contributed by atoms with Gasteiger partial charge < -0.3 is 10.2 Å². The van der Waals surface area contributed by atoms with Gasteiger partial charge in [0.15, 0.2) is 0 Å². The highest BCUT2D eigenvalue weighted by Gasteiger charge is 2.35. The highest BCUT2D eigenvalue weighted by Crippen LogP contribution is 2.36. The average Bonchev–Trinajstić information content (AvgIpc) is 2.43. The lowest BCUT2D eigenvalue weighted by molar-refractivity contribution is -0.137. The molecule has 0 aliphatic carbocycles. The van der Waals surface area contributed by atoms with E-state index in [0.29, 0.717) is 12.6 Å². The molecular formula is C14H20F3N3O2S. The van der Waals surface area contributed by atoms with Crippen molar-refractivity contribution in [3.05, 3.63) is 23.8 Å². The summed E-state index contributed by atoms with van der Waals surface area (Å²) in [5.74, 6) is 0.257. The van der Waals surface area contributed by atoms with Crippen molar-refractivity contribution in [3.8, 4) is 0 Å². The lowest BCUT2D eigenvalue weighted by Gasteiger charge is -2.30. The molecule has 3 N–H and O–H groups in total. The van der Waals surface area contributed by atoms with Gasteiger partial charge in [0.2, 0.25) is 10.0 Å². The summed E-state index contributed by atoms with van der Waals surface area (Å²) in [6, 6.07) is 2.78. The predicted molar refractivity (Wildman–Crippen MR) is 81.5 cm³/mol. The Morgan fingerprint density at radius 3 is 2.65 bits per heavy atom. The van der Waals surface area contributed by atoms with Crippen molar-refractivity contribution in [3.63, 3.8) is 0 Å². The molecule has 5 nitrogen and oxygen atoms in total. The Morgan fingerprint density at radius 2 is 2.09 bits per heavy atom. The van der Waals surface area contributed by atoms with Crippen LogP contribution in [0.1, 0.15) is 18.4 Å². The monoisotopic (exact) mass is 351 g/mol. The van der Waals surface area contributed by atoms with Crippen LogP contribution in [0.15, 0.2) is 23.1 Å². The molecule has 23 heavy (non-hydrogen) atoms. The van der Waals surface area contributed by atoms with Gasteiger partial charge in [0.05, 0.1) is 10.5 Å².